The third-order valence-corrected chi connectivity index (χ3v) is 6.29. The van der Waals surface area contributed by atoms with Crippen molar-refractivity contribution in [3.05, 3.63) is 51.9 Å². The molecule has 194 valence electrons. The lowest BCUT2D eigenvalue weighted by atomic mass is 9.98. The number of aromatic nitrogens is 4. The van der Waals surface area contributed by atoms with Gasteiger partial charge in [-0.25, -0.2) is 9.47 Å². The van der Waals surface area contributed by atoms with Crippen molar-refractivity contribution in [3.8, 4) is 5.69 Å². The van der Waals surface area contributed by atoms with Gasteiger partial charge in [0.15, 0.2) is 5.52 Å². The number of amides is 1. The Hall–Kier alpha value is -3.40. The fourth-order valence-electron chi connectivity index (χ4n) is 4.41. The fourth-order valence-corrected chi connectivity index (χ4v) is 4.41. The second-order valence-corrected chi connectivity index (χ2v) is 10.9. The molecule has 1 aromatic carbocycles. The predicted octanol–water partition coefficient (Wildman–Crippen LogP) is 2.95. The molecule has 1 N–H and O–H groups in total. The van der Waals surface area contributed by atoms with Crippen LogP contribution in [0.5, 0.6) is 0 Å². The standard InChI is InChI=1S/C26H36N6O4/c1-8-19-15-21-22(28-32(27-21)20-11-9-18(10-12-20)26(6,7)35)23(33)31(19)29-13-14-30(17(2)16-29)24(34)36-25(3,4)5/h9-12,15,17,35H,8,13-14,16H2,1-7H3. The zero-order valence-electron chi connectivity index (χ0n) is 22.1. The number of hydrogen-bond donors (Lipinski definition) is 1. The lowest BCUT2D eigenvalue weighted by Gasteiger charge is -2.42. The number of hydrogen-bond acceptors (Lipinski definition) is 7. The van der Waals surface area contributed by atoms with Crippen LogP contribution in [0.15, 0.2) is 35.1 Å². The van der Waals surface area contributed by atoms with Crippen molar-refractivity contribution in [1.82, 2.24) is 24.6 Å². The Balaban J connectivity index is 1.64. The number of rotatable bonds is 4. The molecule has 1 atom stereocenters. The number of carbonyl (C=O) groups is 1. The average molecular weight is 497 g/mol. The topological polar surface area (TPSA) is 106 Å². The summed E-state index contributed by atoms with van der Waals surface area (Å²) in [5, 5.41) is 21.3. The van der Waals surface area contributed by atoms with Gasteiger partial charge in [0.25, 0.3) is 5.56 Å². The van der Waals surface area contributed by atoms with Crippen molar-refractivity contribution in [3.63, 3.8) is 0 Å². The zero-order chi connectivity index (χ0) is 26.4. The van der Waals surface area contributed by atoms with Crippen LogP contribution in [0.1, 0.15) is 59.7 Å². The van der Waals surface area contributed by atoms with Crippen molar-refractivity contribution in [2.45, 2.75) is 72.1 Å². The molecule has 0 bridgehead atoms. The molecule has 10 heteroatoms. The highest BCUT2D eigenvalue weighted by atomic mass is 16.6. The molecule has 1 amide bonds. The quantitative estimate of drug-likeness (QED) is 0.592. The van der Waals surface area contributed by atoms with E-state index >= 15 is 0 Å². The minimum atomic E-state index is -0.949. The summed E-state index contributed by atoms with van der Waals surface area (Å²) >= 11 is 0. The lowest BCUT2D eigenvalue weighted by Crippen LogP contribution is -2.60. The number of fused-ring (bicyclic) bond motifs is 1. The number of aryl methyl sites for hydroxylation is 1. The Kier molecular flexibility index (Phi) is 6.59. The molecule has 1 saturated heterocycles. The predicted molar refractivity (Wildman–Crippen MR) is 138 cm³/mol. The van der Waals surface area contributed by atoms with Crippen molar-refractivity contribution in [2.24, 2.45) is 0 Å². The highest BCUT2D eigenvalue weighted by Crippen LogP contribution is 2.21. The van der Waals surface area contributed by atoms with E-state index in [0.717, 1.165) is 11.3 Å². The Morgan fingerprint density at radius 1 is 1.11 bits per heavy atom. The van der Waals surface area contributed by atoms with E-state index in [9.17, 15) is 14.7 Å². The molecule has 1 unspecified atom stereocenters. The first-order chi connectivity index (χ1) is 16.8. The van der Waals surface area contributed by atoms with Gasteiger partial charge < -0.3 is 19.8 Å². The smallest absolute Gasteiger partial charge is 0.410 e. The Labute approximate surface area is 211 Å². The summed E-state index contributed by atoms with van der Waals surface area (Å²) in [5.41, 5.74) is 1.36. The van der Waals surface area contributed by atoms with Crippen molar-refractivity contribution in [2.75, 3.05) is 24.6 Å². The highest BCUT2D eigenvalue weighted by Gasteiger charge is 2.32. The van der Waals surface area contributed by atoms with E-state index in [0.29, 0.717) is 37.3 Å². The Morgan fingerprint density at radius 3 is 2.33 bits per heavy atom. The summed E-state index contributed by atoms with van der Waals surface area (Å²) in [4.78, 5) is 29.4. The summed E-state index contributed by atoms with van der Waals surface area (Å²) in [6.45, 7) is 14.4. The van der Waals surface area contributed by atoms with E-state index in [4.69, 9.17) is 4.74 Å². The van der Waals surface area contributed by atoms with Crippen LogP contribution in [0, 0.1) is 0 Å². The molecule has 3 aromatic rings. The summed E-state index contributed by atoms with van der Waals surface area (Å²) in [7, 11) is 0. The third-order valence-electron chi connectivity index (χ3n) is 6.29. The fraction of sp³-hybridized carbons (Fsp3) is 0.538. The number of benzene rings is 1. The largest absolute Gasteiger partial charge is 0.444 e. The summed E-state index contributed by atoms with van der Waals surface area (Å²) in [6, 6.07) is 9.06. The molecule has 3 heterocycles. The van der Waals surface area contributed by atoms with Gasteiger partial charge in [0.1, 0.15) is 11.1 Å². The SMILES string of the molecule is CCc1cc2nn(-c3ccc(C(C)(C)O)cc3)nc2c(=O)n1N1CCN(C(=O)OC(C)(C)C)C(C)C1. The zero-order valence-corrected chi connectivity index (χ0v) is 22.1. The van der Waals surface area contributed by atoms with Crippen LogP contribution in [-0.4, -0.2) is 67.0 Å². The maximum absolute atomic E-state index is 13.6. The molecule has 0 aliphatic carbocycles. The lowest BCUT2D eigenvalue weighted by molar-refractivity contribution is 0.0145. The number of ether oxygens (including phenoxy) is 1. The molecule has 10 nitrogen and oxygen atoms in total. The second kappa shape index (κ2) is 9.24. The molecule has 36 heavy (non-hydrogen) atoms. The van der Waals surface area contributed by atoms with Crippen molar-refractivity contribution < 1.29 is 14.6 Å². The first-order valence-corrected chi connectivity index (χ1v) is 12.4. The number of aliphatic hydroxyl groups is 1. The van der Waals surface area contributed by atoms with Crippen LogP contribution < -0.4 is 10.6 Å². The van der Waals surface area contributed by atoms with Crippen LogP contribution in [0.3, 0.4) is 0 Å². The molecule has 2 aromatic heterocycles. The maximum atomic E-state index is 13.6. The summed E-state index contributed by atoms with van der Waals surface area (Å²) in [6.07, 6.45) is 0.297. The van der Waals surface area contributed by atoms with Gasteiger partial charge in [0, 0.05) is 12.2 Å². The number of pyridine rings is 1. The molecular weight excluding hydrogens is 460 g/mol. The minimum absolute atomic E-state index is 0.133. The van der Waals surface area contributed by atoms with Crippen molar-refractivity contribution in [1.29, 1.82) is 0 Å². The van der Waals surface area contributed by atoms with Crippen LogP contribution in [-0.2, 0) is 16.8 Å². The van der Waals surface area contributed by atoms with Gasteiger partial charge in [0.05, 0.1) is 30.4 Å². The number of nitrogens with zero attached hydrogens (tertiary/aromatic N) is 6. The van der Waals surface area contributed by atoms with E-state index < -0.39 is 11.2 Å². The molecule has 1 aliphatic rings. The van der Waals surface area contributed by atoms with Gasteiger partial charge in [-0.3, -0.25) is 4.79 Å². The van der Waals surface area contributed by atoms with E-state index in [2.05, 4.69) is 10.2 Å². The summed E-state index contributed by atoms with van der Waals surface area (Å²) < 4.78 is 7.23. The molecule has 0 radical (unpaired) electrons. The van der Waals surface area contributed by atoms with Crippen molar-refractivity contribution >= 4 is 17.1 Å². The van der Waals surface area contributed by atoms with Crippen LogP contribution in [0.4, 0.5) is 4.79 Å². The average Bonchev–Trinajstić information content (AvgIpc) is 3.21. The highest BCUT2D eigenvalue weighted by molar-refractivity contribution is 5.73. The third kappa shape index (κ3) is 5.09. The van der Waals surface area contributed by atoms with Crippen LogP contribution >= 0.6 is 0 Å². The molecule has 1 aliphatic heterocycles. The van der Waals surface area contributed by atoms with E-state index in [1.54, 1.807) is 23.4 Å². The van der Waals surface area contributed by atoms with Gasteiger partial charge in [-0.1, -0.05) is 19.1 Å². The Bertz CT molecular complexity index is 1310. The first-order valence-electron chi connectivity index (χ1n) is 12.4. The first kappa shape index (κ1) is 25.7. The normalized spacial score (nSPS) is 17.1. The van der Waals surface area contributed by atoms with Gasteiger partial charge in [-0.05, 0) is 71.7 Å². The molecular formula is C26H36N6O4. The van der Waals surface area contributed by atoms with Gasteiger partial charge in [0.2, 0.25) is 0 Å². The monoisotopic (exact) mass is 496 g/mol. The molecule has 4 rings (SSSR count). The van der Waals surface area contributed by atoms with Gasteiger partial charge in [-0.15, -0.1) is 10.2 Å². The van der Waals surface area contributed by atoms with E-state index in [1.165, 1.54) is 4.80 Å². The van der Waals surface area contributed by atoms with Gasteiger partial charge >= 0.3 is 6.09 Å². The number of carbonyl (C=O) groups excluding carboxylic acids is 1. The van der Waals surface area contributed by atoms with E-state index in [-0.39, 0.29) is 23.2 Å². The molecule has 1 fully saturated rings. The van der Waals surface area contributed by atoms with Gasteiger partial charge in [-0.2, -0.15) is 4.80 Å². The number of piperazine rings is 1. The van der Waals surface area contributed by atoms with Crippen LogP contribution in [0.2, 0.25) is 0 Å². The maximum Gasteiger partial charge on any atom is 0.410 e. The minimum Gasteiger partial charge on any atom is -0.444 e. The molecule has 0 spiro atoms. The Morgan fingerprint density at radius 2 is 1.78 bits per heavy atom. The molecule has 0 saturated carbocycles. The van der Waals surface area contributed by atoms with E-state index in [1.807, 2.05) is 70.0 Å². The van der Waals surface area contributed by atoms with Crippen LogP contribution in [0.25, 0.3) is 16.7 Å². The summed E-state index contributed by atoms with van der Waals surface area (Å²) in [5.74, 6) is 0. The second-order valence-electron chi connectivity index (χ2n) is 10.9.